The van der Waals surface area contributed by atoms with Gasteiger partial charge in [-0.05, 0) is 37.3 Å². The van der Waals surface area contributed by atoms with Crippen LogP contribution in [0.5, 0.6) is 11.5 Å². The summed E-state index contributed by atoms with van der Waals surface area (Å²) in [6.07, 6.45) is 0. The fourth-order valence-corrected chi connectivity index (χ4v) is 3.17. The van der Waals surface area contributed by atoms with Crippen LogP contribution >= 0.6 is 0 Å². The predicted molar refractivity (Wildman–Crippen MR) is 96.6 cm³/mol. The van der Waals surface area contributed by atoms with Crippen molar-refractivity contribution in [1.82, 2.24) is 4.98 Å². The lowest BCUT2D eigenvalue weighted by Crippen LogP contribution is -2.38. The molecule has 1 aliphatic rings. The molecule has 0 spiro atoms. The number of methoxy groups -OCH3 is 1. The zero-order valence-electron chi connectivity index (χ0n) is 14.2. The average Bonchev–Trinajstić information content (AvgIpc) is 2.65. The van der Waals surface area contributed by atoms with Gasteiger partial charge in [0.1, 0.15) is 18.1 Å². The molecule has 0 bridgehead atoms. The van der Waals surface area contributed by atoms with Crippen LogP contribution in [-0.4, -0.2) is 31.2 Å². The monoisotopic (exact) mass is 334 g/mol. The van der Waals surface area contributed by atoms with Gasteiger partial charge in [0.2, 0.25) is 0 Å². The average molecular weight is 334 g/mol. The van der Waals surface area contributed by atoms with Gasteiger partial charge in [-0.1, -0.05) is 12.1 Å². The summed E-state index contributed by atoms with van der Waals surface area (Å²) < 4.78 is 10.9. The van der Waals surface area contributed by atoms with Crippen LogP contribution in [0, 0.1) is 6.92 Å². The van der Waals surface area contributed by atoms with Crippen LogP contribution in [0.3, 0.4) is 0 Å². The first-order chi connectivity index (χ1) is 12.2. The zero-order valence-corrected chi connectivity index (χ0v) is 14.2. The van der Waals surface area contributed by atoms with Gasteiger partial charge in [-0.15, -0.1) is 0 Å². The van der Waals surface area contributed by atoms with Gasteiger partial charge < -0.3 is 14.4 Å². The molecule has 0 fully saturated rings. The van der Waals surface area contributed by atoms with Gasteiger partial charge in [-0.2, -0.15) is 0 Å². The quantitative estimate of drug-likeness (QED) is 0.719. The van der Waals surface area contributed by atoms with Crippen molar-refractivity contribution in [2.45, 2.75) is 6.92 Å². The lowest BCUT2D eigenvalue weighted by atomic mass is 10.1. The summed E-state index contributed by atoms with van der Waals surface area (Å²) >= 11 is 0. The Hall–Kier alpha value is -3.08. The summed E-state index contributed by atoms with van der Waals surface area (Å²) in [6, 6.07) is 15.0. The molecule has 0 unspecified atom stereocenters. The normalized spacial score (nSPS) is 13.3. The van der Waals surface area contributed by atoms with E-state index in [2.05, 4.69) is 4.98 Å². The van der Waals surface area contributed by atoms with E-state index in [4.69, 9.17) is 9.47 Å². The minimum Gasteiger partial charge on any atom is -0.497 e. The van der Waals surface area contributed by atoms with Crippen molar-refractivity contribution in [3.05, 3.63) is 59.8 Å². The van der Waals surface area contributed by atoms with E-state index in [1.807, 2.05) is 55.5 Å². The third kappa shape index (κ3) is 2.67. The highest BCUT2D eigenvalue weighted by atomic mass is 16.5. The number of fused-ring (bicyclic) bond motifs is 2. The number of nitrogens with zero attached hydrogens (tertiary/aromatic N) is 2. The maximum atomic E-state index is 13.3. The Morgan fingerprint density at radius 3 is 2.88 bits per heavy atom. The Morgan fingerprint density at radius 2 is 2.04 bits per heavy atom. The predicted octanol–water partition coefficient (Wildman–Crippen LogP) is 3.59. The number of aromatic nitrogens is 1. The van der Waals surface area contributed by atoms with Crippen LogP contribution < -0.4 is 14.4 Å². The van der Waals surface area contributed by atoms with Crippen LogP contribution in [0.1, 0.15) is 16.1 Å². The topological polar surface area (TPSA) is 51.7 Å². The van der Waals surface area contributed by atoms with Gasteiger partial charge in [0.15, 0.2) is 0 Å². The first kappa shape index (κ1) is 15.4. The van der Waals surface area contributed by atoms with Gasteiger partial charge in [-0.3, -0.25) is 9.78 Å². The molecule has 1 amide bonds. The van der Waals surface area contributed by atoms with Crippen molar-refractivity contribution in [2.24, 2.45) is 0 Å². The number of hydrogen-bond acceptors (Lipinski definition) is 4. The summed E-state index contributed by atoms with van der Waals surface area (Å²) in [4.78, 5) is 19.6. The Balaban J connectivity index is 1.84. The number of benzene rings is 2. The number of para-hydroxylation sites is 2. The number of carbonyl (C=O) groups is 1. The number of aryl methyl sites for hydroxylation is 1. The molecular formula is C20H18N2O3. The molecule has 25 heavy (non-hydrogen) atoms. The molecule has 126 valence electrons. The highest BCUT2D eigenvalue weighted by molar-refractivity contribution is 6.14. The van der Waals surface area contributed by atoms with Crippen LogP contribution in [0.4, 0.5) is 5.69 Å². The van der Waals surface area contributed by atoms with Crippen molar-refractivity contribution in [3.8, 4) is 11.5 Å². The lowest BCUT2D eigenvalue weighted by Gasteiger charge is -2.29. The van der Waals surface area contributed by atoms with Crippen molar-refractivity contribution in [3.63, 3.8) is 0 Å². The second-order valence-corrected chi connectivity index (χ2v) is 5.97. The van der Waals surface area contributed by atoms with Gasteiger partial charge in [0.25, 0.3) is 5.91 Å². The van der Waals surface area contributed by atoms with E-state index in [9.17, 15) is 4.79 Å². The van der Waals surface area contributed by atoms with Crippen molar-refractivity contribution in [2.75, 3.05) is 25.2 Å². The molecule has 0 atom stereocenters. The molecule has 0 saturated heterocycles. The lowest BCUT2D eigenvalue weighted by molar-refractivity contribution is 0.0978. The van der Waals surface area contributed by atoms with Crippen LogP contribution in [0.2, 0.25) is 0 Å². The van der Waals surface area contributed by atoms with E-state index in [1.54, 1.807) is 12.0 Å². The third-order valence-corrected chi connectivity index (χ3v) is 4.35. The fraction of sp³-hybridized carbons (Fsp3) is 0.200. The Kier molecular flexibility index (Phi) is 3.76. The second-order valence-electron chi connectivity index (χ2n) is 5.97. The van der Waals surface area contributed by atoms with Crippen LogP contribution in [0.25, 0.3) is 10.9 Å². The van der Waals surface area contributed by atoms with Gasteiger partial charge in [-0.25, -0.2) is 0 Å². The summed E-state index contributed by atoms with van der Waals surface area (Å²) in [5, 5.41) is 0.820. The van der Waals surface area contributed by atoms with Crippen LogP contribution in [-0.2, 0) is 0 Å². The number of ether oxygens (including phenoxy) is 2. The number of carbonyl (C=O) groups excluding carboxylic acids is 1. The maximum absolute atomic E-state index is 13.3. The molecule has 0 radical (unpaired) electrons. The molecule has 1 aromatic heterocycles. The summed E-state index contributed by atoms with van der Waals surface area (Å²) in [6.45, 7) is 2.90. The van der Waals surface area contributed by atoms with E-state index >= 15 is 0 Å². The Morgan fingerprint density at radius 1 is 1.20 bits per heavy atom. The molecule has 5 nitrogen and oxygen atoms in total. The standard InChI is InChI=1S/C20H18N2O3/c1-13-11-16(15-8-7-14(24-2)12-17(15)21-13)20(23)22-9-10-25-19-6-4-3-5-18(19)22/h3-8,11-12H,9-10H2,1-2H3. The Labute approximate surface area is 145 Å². The number of pyridine rings is 1. The molecule has 0 saturated carbocycles. The smallest absolute Gasteiger partial charge is 0.259 e. The van der Waals surface area contributed by atoms with Crippen molar-refractivity contribution >= 4 is 22.5 Å². The van der Waals surface area contributed by atoms with E-state index in [1.165, 1.54) is 0 Å². The van der Waals surface area contributed by atoms with Crippen molar-refractivity contribution in [1.29, 1.82) is 0 Å². The number of hydrogen-bond donors (Lipinski definition) is 0. The Bertz CT molecular complexity index is 968. The van der Waals surface area contributed by atoms with Crippen molar-refractivity contribution < 1.29 is 14.3 Å². The highest BCUT2D eigenvalue weighted by Gasteiger charge is 2.26. The molecule has 2 aromatic carbocycles. The molecule has 0 N–H and O–H groups in total. The second kappa shape index (κ2) is 6.09. The van der Waals surface area contributed by atoms with Crippen LogP contribution in [0.15, 0.2) is 48.5 Å². The van der Waals surface area contributed by atoms with E-state index in [-0.39, 0.29) is 5.91 Å². The number of rotatable bonds is 2. The number of amides is 1. The number of anilines is 1. The highest BCUT2D eigenvalue weighted by Crippen LogP contribution is 2.33. The molecule has 1 aliphatic heterocycles. The zero-order chi connectivity index (χ0) is 17.4. The molecule has 4 rings (SSSR count). The SMILES string of the molecule is COc1ccc2c(C(=O)N3CCOc4ccccc43)cc(C)nc2c1. The molecule has 2 heterocycles. The summed E-state index contributed by atoms with van der Waals surface area (Å²) in [5.41, 5.74) is 2.99. The fourth-order valence-electron chi connectivity index (χ4n) is 3.17. The summed E-state index contributed by atoms with van der Waals surface area (Å²) in [7, 11) is 1.62. The molecular weight excluding hydrogens is 316 g/mol. The first-order valence-electron chi connectivity index (χ1n) is 8.16. The molecule has 3 aromatic rings. The molecule has 5 heteroatoms. The van der Waals surface area contributed by atoms with Gasteiger partial charge >= 0.3 is 0 Å². The summed E-state index contributed by atoms with van der Waals surface area (Å²) in [5.74, 6) is 1.41. The minimum absolute atomic E-state index is 0.0450. The maximum Gasteiger partial charge on any atom is 0.259 e. The van der Waals surface area contributed by atoms with Gasteiger partial charge in [0, 0.05) is 17.1 Å². The van der Waals surface area contributed by atoms with E-state index < -0.39 is 0 Å². The first-order valence-corrected chi connectivity index (χ1v) is 8.16. The minimum atomic E-state index is -0.0450. The van der Waals surface area contributed by atoms with E-state index in [0.717, 1.165) is 33.8 Å². The molecule has 0 aliphatic carbocycles. The third-order valence-electron chi connectivity index (χ3n) is 4.35. The largest absolute Gasteiger partial charge is 0.497 e. The van der Waals surface area contributed by atoms with E-state index in [0.29, 0.717) is 18.7 Å². The van der Waals surface area contributed by atoms with Gasteiger partial charge in [0.05, 0.1) is 30.4 Å².